The van der Waals surface area contributed by atoms with Gasteiger partial charge in [-0.2, -0.15) is 0 Å². The summed E-state index contributed by atoms with van der Waals surface area (Å²) in [7, 11) is 0. The number of hydrogen-bond acceptors (Lipinski definition) is 0. The first-order chi connectivity index (χ1) is 6.42. The molecule has 0 unspecified atom stereocenters. The maximum Gasteiger partial charge on any atom is 0.0481 e. The second-order valence-corrected chi connectivity index (χ2v) is 3.07. The van der Waals surface area contributed by atoms with Gasteiger partial charge in [0.2, 0.25) is 0 Å². The predicted octanol–water partition coefficient (Wildman–Crippen LogP) is 3.04. The number of aromatic nitrogens is 1. The van der Waals surface area contributed by atoms with Crippen molar-refractivity contribution in [1.82, 2.24) is 4.57 Å². The van der Waals surface area contributed by atoms with Crippen molar-refractivity contribution in [2.45, 2.75) is 13.3 Å². The third-order valence-electron chi connectivity index (χ3n) is 2.26. The van der Waals surface area contributed by atoms with Crippen LogP contribution in [-0.2, 0) is 6.42 Å². The van der Waals surface area contributed by atoms with E-state index >= 15 is 0 Å². The molecule has 0 saturated heterocycles. The molecule has 66 valence electrons. The molecule has 0 atom stereocenters. The van der Waals surface area contributed by atoms with E-state index in [-0.39, 0.29) is 0 Å². The topological polar surface area (TPSA) is 4.93 Å². The molecule has 13 heavy (non-hydrogen) atoms. The first kappa shape index (κ1) is 8.11. The lowest BCUT2D eigenvalue weighted by Gasteiger charge is -2.07. The van der Waals surface area contributed by atoms with Gasteiger partial charge in [-0.1, -0.05) is 25.1 Å². The highest BCUT2D eigenvalue weighted by Gasteiger charge is 1.99. The van der Waals surface area contributed by atoms with Crippen molar-refractivity contribution in [2.75, 3.05) is 0 Å². The van der Waals surface area contributed by atoms with Gasteiger partial charge >= 0.3 is 0 Å². The molecule has 0 bridgehead atoms. The minimum atomic E-state index is 1.08. The number of nitrogens with zero attached hydrogens (tertiary/aromatic N) is 1. The van der Waals surface area contributed by atoms with Crippen LogP contribution in [0.2, 0.25) is 0 Å². The van der Waals surface area contributed by atoms with Crippen LogP contribution in [0.1, 0.15) is 12.5 Å². The lowest BCUT2D eigenvalue weighted by Crippen LogP contribution is -1.94. The van der Waals surface area contributed by atoms with Crippen LogP contribution in [0.3, 0.4) is 0 Å². The molecule has 0 aliphatic heterocycles. The summed E-state index contributed by atoms with van der Waals surface area (Å²) in [6.07, 6.45) is 5.23. The quantitative estimate of drug-likeness (QED) is 0.654. The second-order valence-electron chi connectivity index (χ2n) is 3.07. The average molecular weight is 171 g/mol. The SMILES string of the molecule is CCc1ccccc1-n1cccc1. The van der Waals surface area contributed by atoms with Gasteiger partial charge in [-0.15, -0.1) is 0 Å². The van der Waals surface area contributed by atoms with Crippen LogP contribution < -0.4 is 0 Å². The van der Waals surface area contributed by atoms with Crippen LogP contribution >= 0.6 is 0 Å². The molecular weight excluding hydrogens is 158 g/mol. The highest BCUT2D eigenvalue weighted by Crippen LogP contribution is 2.14. The first-order valence-corrected chi connectivity index (χ1v) is 4.63. The van der Waals surface area contributed by atoms with Gasteiger partial charge in [0.25, 0.3) is 0 Å². The zero-order chi connectivity index (χ0) is 9.10. The summed E-state index contributed by atoms with van der Waals surface area (Å²) < 4.78 is 2.15. The van der Waals surface area contributed by atoms with Crippen molar-refractivity contribution in [3.63, 3.8) is 0 Å². The summed E-state index contributed by atoms with van der Waals surface area (Å²) in [5.41, 5.74) is 2.67. The molecule has 1 aromatic heterocycles. The van der Waals surface area contributed by atoms with Gasteiger partial charge in [-0.25, -0.2) is 0 Å². The van der Waals surface area contributed by atoms with Crippen molar-refractivity contribution in [3.05, 3.63) is 54.4 Å². The van der Waals surface area contributed by atoms with Crippen molar-refractivity contribution >= 4 is 0 Å². The van der Waals surface area contributed by atoms with Gasteiger partial charge in [0.05, 0.1) is 0 Å². The number of para-hydroxylation sites is 1. The normalized spacial score (nSPS) is 10.2. The molecule has 0 aliphatic rings. The maximum absolute atomic E-state index is 2.18. The minimum Gasteiger partial charge on any atom is -0.324 e. The van der Waals surface area contributed by atoms with E-state index in [9.17, 15) is 0 Å². The predicted molar refractivity (Wildman–Crippen MR) is 55.1 cm³/mol. The Morgan fingerprint density at radius 2 is 1.69 bits per heavy atom. The van der Waals surface area contributed by atoms with Gasteiger partial charge in [-0.05, 0) is 30.2 Å². The third-order valence-corrected chi connectivity index (χ3v) is 2.26. The van der Waals surface area contributed by atoms with Crippen LogP contribution in [0.4, 0.5) is 0 Å². The van der Waals surface area contributed by atoms with Gasteiger partial charge in [0, 0.05) is 18.1 Å². The lowest BCUT2D eigenvalue weighted by molar-refractivity contribution is 1.02. The average Bonchev–Trinajstić information content (AvgIpc) is 2.70. The fraction of sp³-hybridized carbons (Fsp3) is 0.167. The van der Waals surface area contributed by atoms with E-state index in [1.165, 1.54) is 11.3 Å². The van der Waals surface area contributed by atoms with E-state index in [0.717, 1.165) is 6.42 Å². The molecule has 0 N–H and O–H groups in total. The smallest absolute Gasteiger partial charge is 0.0481 e. The zero-order valence-electron chi connectivity index (χ0n) is 7.77. The van der Waals surface area contributed by atoms with Gasteiger partial charge < -0.3 is 4.57 Å². The summed E-state index contributed by atoms with van der Waals surface area (Å²) in [4.78, 5) is 0. The van der Waals surface area contributed by atoms with E-state index in [2.05, 4.69) is 48.1 Å². The Morgan fingerprint density at radius 3 is 2.38 bits per heavy atom. The molecule has 1 heteroatoms. The molecule has 1 nitrogen and oxygen atoms in total. The van der Waals surface area contributed by atoms with E-state index < -0.39 is 0 Å². The lowest BCUT2D eigenvalue weighted by atomic mass is 10.1. The first-order valence-electron chi connectivity index (χ1n) is 4.63. The minimum absolute atomic E-state index is 1.08. The Hall–Kier alpha value is -1.50. The van der Waals surface area contributed by atoms with Crippen LogP contribution in [-0.4, -0.2) is 4.57 Å². The molecule has 0 saturated carbocycles. The number of aryl methyl sites for hydroxylation is 1. The van der Waals surface area contributed by atoms with E-state index in [1.807, 2.05) is 12.1 Å². The zero-order valence-corrected chi connectivity index (χ0v) is 7.77. The highest BCUT2D eigenvalue weighted by molar-refractivity contribution is 5.41. The monoisotopic (exact) mass is 171 g/mol. The van der Waals surface area contributed by atoms with Crippen molar-refractivity contribution in [1.29, 1.82) is 0 Å². The highest BCUT2D eigenvalue weighted by atomic mass is 14.9. The molecule has 0 spiro atoms. The number of hydrogen-bond donors (Lipinski definition) is 0. The maximum atomic E-state index is 2.18. The number of benzene rings is 1. The Bertz CT molecular complexity index is 374. The van der Waals surface area contributed by atoms with E-state index in [0.29, 0.717) is 0 Å². The summed E-state index contributed by atoms with van der Waals surface area (Å²) in [6.45, 7) is 2.18. The fourth-order valence-corrected chi connectivity index (χ4v) is 1.56. The van der Waals surface area contributed by atoms with Crippen LogP contribution in [0, 0.1) is 0 Å². The van der Waals surface area contributed by atoms with E-state index in [4.69, 9.17) is 0 Å². The second kappa shape index (κ2) is 3.48. The molecule has 0 amide bonds. The molecule has 0 aliphatic carbocycles. The molecular formula is C12H13N. The standard InChI is InChI=1S/C12H13N/c1-2-11-7-3-4-8-12(11)13-9-5-6-10-13/h3-10H,2H2,1H3. The largest absolute Gasteiger partial charge is 0.324 e. The molecule has 0 radical (unpaired) electrons. The van der Waals surface area contributed by atoms with E-state index in [1.54, 1.807) is 0 Å². The van der Waals surface area contributed by atoms with Crippen LogP contribution in [0.25, 0.3) is 5.69 Å². The van der Waals surface area contributed by atoms with Gasteiger partial charge in [0.15, 0.2) is 0 Å². The Morgan fingerprint density at radius 1 is 1.00 bits per heavy atom. The van der Waals surface area contributed by atoms with Gasteiger partial charge in [0.1, 0.15) is 0 Å². The number of rotatable bonds is 2. The molecule has 1 heterocycles. The summed E-state index contributed by atoms with van der Waals surface area (Å²) in [6, 6.07) is 12.6. The summed E-state index contributed by atoms with van der Waals surface area (Å²) in [5, 5.41) is 0. The Balaban J connectivity index is 2.51. The van der Waals surface area contributed by atoms with Crippen molar-refractivity contribution in [2.24, 2.45) is 0 Å². The Kier molecular flexibility index (Phi) is 2.17. The summed E-state index contributed by atoms with van der Waals surface area (Å²) >= 11 is 0. The summed E-state index contributed by atoms with van der Waals surface area (Å²) in [5.74, 6) is 0. The Labute approximate surface area is 78.6 Å². The molecule has 1 aromatic carbocycles. The van der Waals surface area contributed by atoms with Crippen molar-refractivity contribution in [3.8, 4) is 5.69 Å². The van der Waals surface area contributed by atoms with Crippen LogP contribution in [0.5, 0.6) is 0 Å². The molecule has 0 fully saturated rings. The molecule has 2 aromatic rings. The van der Waals surface area contributed by atoms with Crippen molar-refractivity contribution < 1.29 is 0 Å². The van der Waals surface area contributed by atoms with Crippen LogP contribution in [0.15, 0.2) is 48.8 Å². The fourth-order valence-electron chi connectivity index (χ4n) is 1.56. The third kappa shape index (κ3) is 1.50. The van der Waals surface area contributed by atoms with Gasteiger partial charge in [-0.3, -0.25) is 0 Å². The molecule has 2 rings (SSSR count).